The molecule has 0 aliphatic carbocycles. The number of nitrogens with one attached hydrogen (secondary N) is 1. The largest absolute Gasteiger partial charge is 0.352 e. The van der Waals surface area contributed by atoms with Crippen molar-refractivity contribution in [2.24, 2.45) is 0 Å². The quantitative estimate of drug-likeness (QED) is 0.432. The van der Waals surface area contributed by atoms with Crippen LogP contribution in [0.3, 0.4) is 0 Å². The zero-order valence-corrected chi connectivity index (χ0v) is 20.6. The van der Waals surface area contributed by atoms with E-state index in [0.29, 0.717) is 28.8 Å². The summed E-state index contributed by atoms with van der Waals surface area (Å²) in [7, 11) is 0. The molecule has 1 N–H and O–H groups in total. The number of nitrogens with zero attached hydrogens (tertiary/aromatic N) is 1. The second-order valence-corrected chi connectivity index (χ2v) is 9.31. The van der Waals surface area contributed by atoms with Crippen LogP contribution in [-0.2, 0) is 21.9 Å². The molecule has 0 aromatic heterocycles. The van der Waals surface area contributed by atoms with Gasteiger partial charge in [-0.1, -0.05) is 73.4 Å². The molecule has 2 unspecified atom stereocenters. The Morgan fingerprint density at radius 2 is 1.77 bits per heavy atom. The zero-order chi connectivity index (χ0) is 22.8. The van der Waals surface area contributed by atoms with Crippen molar-refractivity contribution in [3.63, 3.8) is 0 Å². The number of halogens is 2. The van der Waals surface area contributed by atoms with Crippen LogP contribution in [0.15, 0.2) is 48.5 Å². The van der Waals surface area contributed by atoms with Crippen molar-refractivity contribution in [1.29, 1.82) is 0 Å². The molecule has 7 heteroatoms. The van der Waals surface area contributed by atoms with Gasteiger partial charge in [-0.3, -0.25) is 9.59 Å². The first-order valence-corrected chi connectivity index (χ1v) is 12.4. The third-order valence-electron chi connectivity index (χ3n) is 5.08. The number of rotatable bonds is 11. The Bertz CT molecular complexity index is 864. The van der Waals surface area contributed by atoms with Crippen molar-refractivity contribution >= 4 is 46.8 Å². The van der Waals surface area contributed by atoms with E-state index in [-0.39, 0.29) is 23.6 Å². The normalized spacial score (nSPS) is 12.8. The summed E-state index contributed by atoms with van der Waals surface area (Å²) in [6.45, 7) is 6.33. The third-order valence-corrected chi connectivity index (χ3v) is 6.63. The van der Waals surface area contributed by atoms with Crippen LogP contribution < -0.4 is 5.32 Å². The standard InChI is InChI=1S/C24H30Cl2N2O2S/c1-4-17(3)27-24(30)22(5-2)28(14-18-9-7-6-8-10-18)23(29)16-31-15-19-11-12-20(25)13-21(19)26/h6-13,17,22H,4-5,14-16H2,1-3H3,(H,27,30). The fraction of sp³-hybridized carbons (Fsp3) is 0.417. The second-order valence-electron chi connectivity index (χ2n) is 7.48. The van der Waals surface area contributed by atoms with E-state index in [0.717, 1.165) is 17.5 Å². The molecule has 0 saturated carbocycles. The zero-order valence-electron chi connectivity index (χ0n) is 18.2. The summed E-state index contributed by atoms with van der Waals surface area (Å²) in [6.07, 6.45) is 1.39. The summed E-state index contributed by atoms with van der Waals surface area (Å²) in [5.41, 5.74) is 1.93. The summed E-state index contributed by atoms with van der Waals surface area (Å²) < 4.78 is 0. The summed E-state index contributed by atoms with van der Waals surface area (Å²) >= 11 is 13.7. The highest BCUT2D eigenvalue weighted by molar-refractivity contribution is 7.99. The van der Waals surface area contributed by atoms with E-state index in [1.807, 2.05) is 57.2 Å². The molecule has 0 fully saturated rings. The Kier molecular flexibility index (Phi) is 10.7. The van der Waals surface area contributed by atoms with Gasteiger partial charge < -0.3 is 10.2 Å². The van der Waals surface area contributed by atoms with Gasteiger partial charge >= 0.3 is 0 Å². The van der Waals surface area contributed by atoms with Gasteiger partial charge in [0.25, 0.3) is 0 Å². The van der Waals surface area contributed by atoms with Gasteiger partial charge in [0.05, 0.1) is 5.75 Å². The van der Waals surface area contributed by atoms with Crippen molar-refractivity contribution in [2.75, 3.05) is 5.75 Å². The minimum absolute atomic E-state index is 0.0647. The Morgan fingerprint density at radius 3 is 2.39 bits per heavy atom. The molecule has 2 rings (SSSR count). The van der Waals surface area contributed by atoms with Gasteiger partial charge in [-0.15, -0.1) is 11.8 Å². The van der Waals surface area contributed by atoms with Crippen LogP contribution >= 0.6 is 35.0 Å². The summed E-state index contributed by atoms with van der Waals surface area (Å²) in [5.74, 6) is 0.687. The van der Waals surface area contributed by atoms with Gasteiger partial charge in [0.1, 0.15) is 6.04 Å². The molecule has 0 radical (unpaired) electrons. The molecule has 0 aliphatic heterocycles. The molecule has 0 saturated heterocycles. The lowest BCUT2D eigenvalue weighted by atomic mass is 10.1. The Balaban J connectivity index is 2.12. The van der Waals surface area contributed by atoms with Gasteiger partial charge in [-0.2, -0.15) is 0 Å². The van der Waals surface area contributed by atoms with Crippen LogP contribution in [0.5, 0.6) is 0 Å². The molecule has 2 amide bonds. The van der Waals surface area contributed by atoms with Crippen LogP contribution in [0.25, 0.3) is 0 Å². The number of carbonyl (C=O) groups is 2. The molecule has 2 aromatic rings. The van der Waals surface area contributed by atoms with E-state index in [2.05, 4.69) is 5.32 Å². The van der Waals surface area contributed by atoms with Crippen LogP contribution in [0.1, 0.15) is 44.7 Å². The molecule has 168 valence electrons. The minimum Gasteiger partial charge on any atom is -0.352 e. The van der Waals surface area contributed by atoms with Crippen molar-refractivity contribution in [3.8, 4) is 0 Å². The number of thioether (sulfide) groups is 1. The predicted octanol–water partition coefficient (Wildman–Crippen LogP) is 5.95. The van der Waals surface area contributed by atoms with Crippen molar-refractivity contribution < 1.29 is 9.59 Å². The van der Waals surface area contributed by atoms with E-state index in [1.165, 1.54) is 11.8 Å². The lowest BCUT2D eigenvalue weighted by Gasteiger charge is -2.31. The third kappa shape index (κ3) is 8.06. The first kappa shape index (κ1) is 25.6. The average molecular weight is 481 g/mol. The summed E-state index contributed by atoms with van der Waals surface area (Å²) in [6, 6.07) is 14.7. The number of hydrogen-bond acceptors (Lipinski definition) is 3. The van der Waals surface area contributed by atoms with Gasteiger partial charge in [0.15, 0.2) is 0 Å². The first-order valence-electron chi connectivity index (χ1n) is 10.5. The SMILES string of the molecule is CCC(C)NC(=O)C(CC)N(Cc1ccccc1)C(=O)CSCc1ccc(Cl)cc1Cl. The molecule has 0 heterocycles. The Hall–Kier alpha value is -1.69. The fourth-order valence-corrected chi connectivity index (χ4v) is 4.58. The van der Waals surface area contributed by atoms with E-state index in [4.69, 9.17) is 23.2 Å². The maximum absolute atomic E-state index is 13.2. The predicted molar refractivity (Wildman–Crippen MR) is 132 cm³/mol. The van der Waals surface area contributed by atoms with Crippen molar-refractivity contribution in [1.82, 2.24) is 10.2 Å². The summed E-state index contributed by atoms with van der Waals surface area (Å²) in [5, 5.41) is 4.20. The molecule has 0 spiro atoms. The molecular formula is C24H30Cl2N2O2S. The van der Waals surface area contributed by atoms with E-state index in [1.54, 1.807) is 17.0 Å². The van der Waals surface area contributed by atoms with Crippen LogP contribution in [-0.4, -0.2) is 34.6 Å². The molecule has 4 nitrogen and oxygen atoms in total. The van der Waals surface area contributed by atoms with Crippen LogP contribution in [0, 0.1) is 0 Å². The van der Waals surface area contributed by atoms with Gasteiger partial charge in [0, 0.05) is 28.4 Å². The molecule has 2 aromatic carbocycles. The smallest absolute Gasteiger partial charge is 0.243 e. The number of amides is 2. The average Bonchev–Trinajstić information content (AvgIpc) is 2.75. The molecular weight excluding hydrogens is 451 g/mol. The van der Waals surface area contributed by atoms with Crippen molar-refractivity contribution in [2.45, 2.75) is 58.0 Å². The highest BCUT2D eigenvalue weighted by atomic mass is 35.5. The maximum atomic E-state index is 13.2. The Labute approximate surface area is 199 Å². The van der Waals surface area contributed by atoms with Gasteiger partial charge in [-0.25, -0.2) is 0 Å². The number of hydrogen-bond donors (Lipinski definition) is 1. The molecule has 0 bridgehead atoms. The first-order chi connectivity index (χ1) is 14.8. The second kappa shape index (κ2) is 13.0. The van der Waals surface area contributed by atoms with E-state index < -0.39 is 6.04 Å². The Morgan fingerprint density at radius 1 is 1.06 bits per heavy atom. The van der Waals surface area contributed by atoms with Gasteiger partial charge in [-0.05, 0) is 43.0 Å². The lowest BCUT2D eigenvalue weighted by molar-refractivity contribution is -0.139. The highest BCUT2D eigenvalue weighted by Crippen LogP contribution is 2.25. The number of benzene rings is 2. The highest BCUT2D eigenvalue weighted by Gasteiger charge is 2.29. The van der Waals surface area contributed by atoms with E-state index in [9.17, 15) is 9.59 Å². The monoisotopic (exact) mass is 480 g/mol. The van der Waals surface area contributed by atoms with Crippen LogP contribution in [0.2, 0.25) is 10.0 Å². The molecule has 31 heavy (non-hydrogen) atoms. The van der Waals surface area contributed by atoms with Crippen molar-refractivity contribution in [3.05, 3.63) is 69.7 Å². The topological polar surface area (TPSA) is 49.4 Å². The minimum atomic E-state index is -0.513. The van der Waals surface area contributed by atoms with E-state index >= 15 is 0 Å². The van der Waals surface area contributed by atoms with Gasteiger partial charge in [0.2, 0.25) is 11.8 Å². The molecule has 2 atom stereocenters. The lowest BCUT2D eigenvalue weighted by Crippen LogP contribution is -2.51. The summed E-state index contributed by atoms with van der Waals surface area (Å²) in [4.78, 5) is 27.8. The van der Waals surface area contributed by atoms with Crippen LogP contribution in [0.4, 0.5) is 0 Å². The molecule has 0 aliphatic rings. The fourth-order valence-electron chi connectivity index (χ4n) is 3.11. The maximum Gasteiger partial charge on any atom is 0.243 e. The number of carbonyl (C=O) groups excluding carboxylic acids is 2.